The standard InChI is InChI=1S/C18H20Cl2N2O/c1-12-5-4-6-17(13(12)2)21-18(23)11-22(3)10-14-7-15(19)9-16(20)8-14/h4-9H,10-11H2,1-3H3,(H,21,23). The molecule has 0 atom stereocenters. The SMILES string of the molecule is Cc1cccc(NC(=O)CN(C)Cc2cc(Cl)cc(Cl)c2)c1C. The van der Waals surface area contributed by atoms with Crippen LogP contribution >= 0.6 is 23.2 Å². The number of likely N-dealkylation sites (N-methyl/N-ethyl adjacent to an activating group) is 1. The second kappa shape index (κ2) is 7.82. The average Bonchev–Trinajstić information content (AvgIpc) is 2.42. The van der Waals surface area contributed by atoms with Gasteiger partial charge >= 0.3 is 0 Å². The van der Waals surface area contributed by atoms with E-state index >= 15 is 0 Å². The molecule has 122 valence electrons. The Labute approximate surface area is 147 Å². The van der Waals surface area contributed by atoms with E-state index in [1.807, 2.05) is 56.1 Å². The van der Waals surface area contributed by atoms with Gasteiger partial charge in [-0.25, -0.2) is 0 Å². The highest BCUT2D eigenvalue weighted by atomic mass is 35.5. The fourth-order valence-corrected chi connectivity index (χ4v) is 2.96. The topological polar surface area (TPSA) is 32.3 Å². The third-order valence-corrected chi connectivity index (χ3v) is 4.10. The Morgan fingerprint density at radius 2 is 1.78 bits per heavy atom. The largest absolute Gasteiger partial charge is 0.325 e. The zero-order valence-corrected chi connectivity index (χ0v) is 15.0. The third-order valence-electron chi connectivity index (χ3n) is 3.67. The molecule has 0 saturated heterocycles. The second-order valence-electron chi connectivity index (χ2n) is 5.75. The summed E-state index contributed by atoms with van der Waals surface area (Å²) in [4.78, 5) is 14.1. The summed E-state index contributed by atoms with van der Waals surface area (Å²) in [6.45, 7) is 4.92. The van der Waals surface area contributed by atoms with Crippen molar-refractivity contribution in [2.45, 2.75) is 20.4 Å². The van der Waals surface area contributed by atoms with Crippen LogP contribution in [0.1, 0.15) is 16.7 Å². The van der Waals surface area contributed by atoms with Gasteiger partial charge < -0.3 is 5.32 Å². The number of hydrogen-bond donors (Lipinski definition) is 1. The van der Waals surface area contributed by atoms with Crippen molar-refractivity contribution in [2.24, 2.45) is 0 Å². The van der Waals surface area contributed by atoms with Gasteiger partial charge in [-0.1, -0.05) is 35.3 Å². The zero-order valence-electron chi connectivity index (χ0n) is 13.5. The Bertz CT molecular complexity index is 696. The van der Waals surface area contributed by atoms with Gasteiger partial charge in [0.05, 0.1) is 6.54 Å². The molecule has 0 aromatic heterocycles. The van der Waals surface area contributed by atoms with Gasteiger partial charge in [-0.05, 0) is 61.9 Å². The second-order valence-corrected chi connectivity index (χ2v) is 6.62. The predicted octanol–water partition coefficient (Wildman–Crippen LogP) is 4.68. The molecule has 0 aliphatic rings. The van der Waals surface area contributed by atoms with Crippen LogP contribution in [0.25, 0.3) is 0 Å². The Kier molecular flexibility index (Phi) is 6.05. The highest BCUT2D eigenvalue weighted by Gasteiger charge is 2.10. The van der Waals surface area contributed by atoms with E-state index in [0.717, 1.165) is 22.4 Å². The summed E-state index contributed by atoms with van der Waals surface area (Å²) in [6, 6.07) is 11.3. The van der Waals surface area contributed by atoms with E-state index in [2.05, 4.69) is 5.32 Å². The predicted molar refractivity (Wildman–Crippen MR) is 97.3 cm³/mol. The quantitative estimate of drug-likeness (QED) is 0.848. The molecule has 2 aromatic rings. The van der Waals surface area contributed by atoms with E-state index in [4.69, 9.17) is 23.2 Å². The first kappa shape index (κ1) is 17.8. The highest BCUT2D eigenvalue weighted by molar-refractivity contribution is 6.34. The average molecular weight is 351 g/mol. The van der Waals surface area contributed by atoms with Crippen LogP contribution in [0, 0.1) is 13.8 Å². The first-order valence-corrected chi connectivity index (χ1v) is 8.10. The van der Waals surface area contributed by atoms with Crippen LogP contribution in [0.2, 0.25) is 10.0 Å². The lowest BCUT2D eigenvalue weighted by Crippen LogP contribution is -2.30. The first-order chi connectivity index (χ1) is 10.8. The number of halogens is 2. The molecular weight excluding hydrogens is 331 g/mol. The molecule has 2 aromatic carbocycles. The Morgan fingerprint density at radius 3 is 2.43 bits per heavy atom. The maximum absolute atomic E-state index is 12.2. The molecule has 0 bridgehead atoms. The van der Waals surface area contributed by atoms with Crippen LogP contribution in [-0.4, -0.2) is 24.4 Å². The van der Waals surface area contributed by atoms with Crippen molar-refractivity contribution in [2.75, 3.05) is 18.9 Å². The third kappa shape index (κ3) is 5.24. The number of benzene rings is 2. The number of nitrogens with zero attached hydrogens (tertiary/aromatic N) is 1. The van der Waals surface area contributed by atoms with Crippen molar-refractivity contribution in [1.82, 2.24) is 4.90 Å². The molecule has 23 heavy (non-hydrogen) atoms. The van der Waals surface area contributed by atoms with E-state index in [0.29, 0.717) is 16.6 Å². The van der Waals surface area contributed by atoms with E-state index in [1.54, 1.807) is 6.07 Å². The lowest BCUT2D eigenvalue weighted by atomic mass is 10.1. The number of anilines is 1. The summed E-state index contributed by atoms with van der Waals surface area (Å²) in [5.41, 5.74) is 4.08. The van der Waals surface area contributed by atoms with Crippen LogP contribution in [0.4, 0.5) is 5.69 Å². The van der Waals surface area contributed by atoms with E-state index < -0.39 is 0 Å². The van der Waals surface area contributed by atoms with Crippen molar-refractivity contribution < 1.29 is 4.79 Å². The Hall–Kier alpha value is -1.55. The van der Waals surface area contributed by atoms with Gasteiger partial charge in [0.15, 0.2) is 0 Å². The minimum absolute atomic E-state index is 0.0469. The molecule has 5 heteroatoms. The number of aryl methyl sites for hydroxylation is 1. The van der Waals surface area contributed by atoms with Gasteiger partial charge in [-0.15, -0.1) is 0 Å². The number of hydrogen-bond acceptors (Lipinski definition) is 2. The molecule has 0 heterocycles. The highest BCUT2D eigenvalue weighted by Crippen LogP contribution is 2.20. The van der Waals surface area contributed by atoms with Crippen molar-refractivity contribution in [1.29, 1.82) is 0 Å². The van der Waals surface area contributed by atoms with Gasteiger partial charge in [0.2, 0.25) is 5.91 Å². The Morgan fingerprint density at radius 1 is 1.13 bits per heavy atom. The number of nitrogens with one attached hydrogen (secondary N) is 1. The summed E-state index contributed by atoms with van der Waals surface area (Å²) in [5.74, 6) is -0.0469. The van der Waals surface area contributed by atoms with Crippen LogP contribution in [0.3, 0.4) is 0 Å². The van der Waals surface area contributed by atoms with Crippen LogP contribution < -0.4 is 5.32 Å². The van der Waals surface area contributed by atoms with Gasteiger partial charge in [0, 0.05) is 22.3 Å². The molecule has 3 nitrogen and oxygen atoms in total. The molecule has 2 rings (SSSR count). The van der Waals surface area contributed by atoms with Gasteiger partial charge in [0.25, 0.3) is 0 Å². The number of rotatable bonds is 5. The molecule has 0 aliphatic carbocycles. The molecule has 0 unspecified atom stereocenters. The molecule has 1 N–H and O–H groups in total. The molecule has 0 fully saturated rings. The Balaban J connectivity index is 1.95. The summed E-state index contributed by atoms with van der Waals surface area (Å²) < 4.78 is 0. The van der Waals surface area contributed by atoms with Crippen molar-refractivity contribution in [3.63, 3.8) is 0 Å². The summed E-state index contributed by atoms with van der Waals surface area (Å²) in [5, 5.41) is 4.15. The lowest BCUT2D eigenvalue weighted by Gasteiger charge is -2.17. The van der Waals surface area contributed by atoms with Crippen LogP contribution in [0.5, 0.6) is 0 Å². The van der Waals surface area contributed by atoms with E-state index in [1.165, 1.54) is 0 Å². The number of carbonyl (C=O) groups is 1. The monoisotopic (exact) mass is 350 g/mol. The molecule has 0 aliphatic heterocycles. The lowest BCUT2D eigenvalue weighted by molar-refractivity contribution is -0.117. The van der Waals surface area contributed by atoms with Crippen molar-refractivity contribution in [3.05, 3.63) is 63.1 Å². The maximum Gasteiger partial charge on any atom is 0.238 e. The van der Waals surface area contributed by atoms with E-state index in [9.17, 15) is 4.79 Å². The fraction of sp³-hybridized carbons (Fsp3) is 0.278. The normalized spacial score (nSPS) is 10.9. The van der Waals surface area contributed by atoms with Gasteiger partial charge in [-0.2, -0.15) is 0 Å². The summed E-state index contributed by atoms with van der Waals surface area (Å²) in [6.07, 6.45) is 0. The summed E-state index contributed by atoms with van der Waals surface area (Å²) >= 11 is 12.0. The number of amides is 1. The minimum atomic E-state index is -0.0469. The van der Waals surface area contributed by atoms with Crippen LogP contribution in [-0.2, 0) is 11.3 Å². The van der Waals surface area contributed by atoms with Gasteiger partial charge in [0.1, 0.15) is 0 Å². The zero-order chi connectivity index (χ0) is 17.0. The molecule has 1 amide bonds. The molecule has 0 spiro atoms. The number of carbonyl (C=O) groups excluding carboxylic acids is 1. The molecule has 0 radical (unpaired) electrons. The van der Waals surface area contributed by atoms with Gasteiger partial charge in [-0.3, -0.25) is 9.69 Å². The maximum atomic E-state index is 12.2. The minimum Gasteiger partial charge on any atom is -0.325 e. The van der Waals surface area contributed by atoms with Crippen molar-refractivity contribution in [3.8, 4) is 0 Å². The molecule has 0 saturated carbocycles. The smallest absolute Gasteiger partial charge is 0.238 e. The first-order valence-electron chi connectivity index (χ1n) is 7.34. The van der Waals surface area contributed by atoms with Crippen molar-refractivity contribution >= 4 is 34.8 Å². The molecular formula is C18H20Cl2N2O. The van der Waals surface area contributed by atoms with Crippen LogP contribution in [0.15, 0.2) is 36.4 Å². The van der Waals surface area contributed by atoms with E-state index in [-0.39, 0.29) is 12.5 Å². The summed E-state index contributed by atoms with van der Waals surface area (Å²) in [7, 11) is 1.89. The fourth-order valence-electron chi connectivity index (χ4n) is 2.39.